The van der Waals surface area contributed by atoms with Crippen LogP contribution < -0.4 is 5.32 Å². The van der Waals surface area contributed by atoms with Gasteiger partial charge in [-0.1, -0.05) is 0 Å². The quantitative estimate of drug-likeness (QED) is 0.392. The van der Waals surface area contributed by atoms with Gasteiger partial charge in [-0.2, -0.15) is 0 Å². The van der Waals surface area contributed by atoms with Crippen LogP contribution in [0.3, 0.4) is 0 Å². The fourth-order valence-corrected chi connectivity index (χ4v) is 0.695. The van der Waals surface area contributed by atoms with E-state index >= 15 is 0 Å². The molecule has 1 fully saturated rings. The van der Waals surface area contributed by atoms with Gasteiger partial charge in [0.2, 0.25) is 0 Å². The third kappa shape index (κ3) is 0.640. The molecule has 0 radical (unpaired) electrons. The summed E-state index contributed by atoms with van der Waals surface area (Å²) in [5, 5.41) is 11.3. The summed E-state index contributed by atoms with van der Waals surface area (Å²) in [6.45, 7) is 4.77. The summed E-state index contributed by atoms with van der Waals surface area (Å²) in [4.78, 5) is 0. The van der Waals surface area contributed by atoms with E-state index in [1.807, 2.05) is 13.8 Å². The largest absolute Gasteiger partial charge is 0.379 e. The average molecular weight is 102 g/mol. The topological polar surface area (TPSA) is 36.8 Å². The minimum Gasteiger partial charge on any atom is -0.379 e. The van der Waals surface area contributed by atoms with Crippen molar-refractivity contribution in [2.45, 2.75) is 25.5 Å². The molecule has 0 amide bonds. The van der Waals surface area contributed by atoms with E-state index < -0.39 is 0 Å². The van der Waals surface area contributed by atoms with Crippen LogP contribution in [-0.2, 0) is 0 Å². The summed E-state index contributed by atoms with van der Waals surface area (Å²) in [5.41, 5.74) is -0.375. The SMILES string of the molecule is C[C@@H]1[NH2+]C[C@@]1(C)O. The van der Waals surface area contributed by atoms with Crippen molar-refractivity contribution in [2.75, 3.05) is 6.54 Å². The maximum Gasteiger partial charge on any atom is 0.162 e. The minimum atomic E-state index is -0.375. The zero-order valence-electron chi connectivity index (χ0n) is 4.81. The number of rotatable bonds is 0. The zero-order chi connectivity index (χ0) is 5.49. The van der Waals surface area contributed by atoms with Crippen molar-refractivity contribution in [3.8, 4) is 0 Å². The Hall–Kier alpha value is -0.0800. The normalized spacial score (nSPS) is 51.0. The second-order valence-electron chi connectivity index (χ2n) is 2.59. The summed E-state index contributed by atoms with van der Waals surface area (Å²) in [7, 11) is 0. The van der Waals surface area contributed by atoms with Crippen molar-refractivity contribution >= 4 is 0 Å². The molecular weight excluding hydrogens is 90.1 g/mol. The van der Waals surface area contributed by atoms with Gasteiger partial charge in [0.25, 0.3) is 0 Å². The van der Waals surface area contributed by atoms with Crippen molar-refractivity contribution in [1.82, 2.24) is 0 Å². The van der Waals surface area contributed by atoms with E-state index in [-0.39, 0.29) is 5.60 Å². The van der Waals surface area contributed by atoms with Gasteiger partial charge in [-0.3, -0.25) is 0 Å². The monoisotopic (exact) mass is 102 g/mol. The zero-order valence-corrected chi connectivity index (χ0v) is 4.81. The second kappa shape index (κ2) is 1.20. The van der Waals surface area contributed by atoms with E-state index in [9.17, 15) is 0 Å². The van der Waals surface area contributed by atoms with E-state index in [0.29, 0.717) is 6.04 Å². The molecule has 0 saturated carbocycles. The molecule has 3 N–H and O–H groups in total. The Morgan fingerprint density at radius 2 is 2.29 bits per heavy atom. The molecule has 0 spiro atoms. The Morgan fingerprint density at radius 3 is 2.29 bits per heavy atom. The highest BCUT2D eigenvalue weighted by Gasteiger charge is 2.42. The molecule has 0 aromatic rings. The van der Waals surface area contributed by atoms with Gasteiger partial charge >= 0.3 is 0 Å². The highest BCUT2D eigenvalue weighted by molar-refractivity contribution is 4.82. The molecular formula is C5H12NO+. The van der Waals surface area contributed by atoms with Gasteiger partial charge in [-0.05, 0) is 13.8 Å². The molecule has 0 aromatic heterocycles. The third-order valence-electron chi connectivity index (χ3n) is 1.87. The van der Waals surface area contributed by atoms with Crippen LogP contribution in [0.4, 0.5) is 0 Å². The molecule has 1 saturated heterocycles. The number of quaternary nitrogens is 1. The molecule has 0 aromatic carbocycles. The molecule has 1 aliphatic heterocycles. The lowest BCUT2D eigenvalue weighted by molar-refractivity contribution is -0.774. The number of hydrogen-bond acceptors (Lipinski definition) is 1. The Bertz CT molecular complexity index is 80.1. The molecule has 0 aliphatic carbocycles. The maximum absolute atomic E-state index is 9.15. The van der Waals surface area contributed by atoms with E-state index in [1.165, 1.54) is 0 Å². The van der Waals surface area contributed by atoms with Crippen molar-refractivity contribution in [2.24, 2.45) is 0 Å². The summed E-state index contributed by atoms with van der Waals surface area (Å²) in [6, 6.07) is 0.410. The molecule has 2 nitrogen and oxygen atoms in total. The van der Waals surface area contributed by atoms with E-state index in [0.717, 1.165) is 6.54 Å². The van der Waals surface area contributed by atoms with Crippen molar-refractivity contribution in [3.05, 3.63) is 0 Å². The van der Waals surface area contributed by atoms with Crippen LogP contribution in [0.1, 0.15) is 13.8 Å². The van der Waals surface area contributed by atoms with Crippen LogP contribution in [0, 0.1) is 0 Å². The molecule has 0 bridgehead atoms. The molecule has 2 atom stereocenters. The number of hydrogen-bond donors (Lipinski definition) is 2. The van der Waals surface area contributed by atoms with Crippen molar-refractivity contribution < 1.29 is 10.4 Å². The van der Waals surface area contributed by atoms with Crippen LogP contribution >= 0.6 is 0 Å². The Kier molecular flexibility index (Phi) is 0.869. The first-order chi connectivity index (χ1) is 3.13. The predicted octanol–water partition coefficient (Wildman–Crippen LogP) is -1.30. The van der Waals surface area contributed by atoms with Crippen LogP contribution in [0.25, 0.3) is 0 Å². The van der Waals surface area contributed by atoms with E-state index in [2.05, 4.69) is 5.32 Å². The lowest BCUT2D eigenvalue weighted by Crippen LogP contribution is -3.07. The molecule has 1 rings (SSSR count). The summed E-state index contributed by atoms with van der Waals surface area (Å²) in [5.74, 6) is 0. The Morgan fingerprint density at radius 1 is 1.86 bits per heavy atom. The van der Waals surface area contributed by atoms with Gasteiger partial charge in [0.1, 0.15) is 12.6 Å². The van der Waals surface area contributed by atoms with Crippen LogP contribution in [0.2, 0.25) is 0 Å². The summed E-state index contributed by atoms with van der Waals surface area (Å²) >= 11 is 0. The van der Waals surface area contributed by atoms with Crippen LogP contribution in [0.15, 0.2) is 0 Å². The molecule has 0 unspecified atom stereocenters. The van der Waals surface area contributed by atoms with E-state index in [4.69, 9.17) is 5.11 Å². The third-order valence-corrected chi connectivity index (χ3v) is 1.87. The van der Waals surface area contributed by atoms with Gasteiger partial charge in [0.05, 0.1) is 0 Å². The first-order valence-corrected chi connectivity index (χ1v) is 2.68. The highest BCUT2D eigenvalue weighted by Crippen LogP contribution is 2.08. The van der Waals surface area contributed by atoms with Gasteiger partial charge < -0.3 is 10.4 Å². The Balaban J connectivity index is 2.43. The summed E-state index contributed by atoms with van der Waals surface area (Å²) < 4.78 is 0. The van der Waals surface area contributed by atoms with E-state index in [1.54, 1.807) is 0 Å². The first-order valence-electron chi connectivity index (χ1n) is 2.68. The van der Waals surface area contributed by atoms with Crippen molar-refractivity contribution in [1.29, 1.82) is 0 Å². The summed E-state index contributed by atoms with van der Waals surface area (Å²) in [6.07, 6.45) is 0. The van der Waals surface area contributed by atoms with Gasteiger partial charge in [-0.15, -0.1) is 0 Å². The molecule has 7 heavy (non-hydrogen) atoms. The van der Waals surface area contributed by atoms with Crippen molar-refractivity contribution in [3.63, 3.8) is 0 Å². The van der Waals surface area contributed by atoms with Crippen LogP contribution in [0.5, 0.6) is 0 Å². The van der Waals surface area contributed by atoms with Gasteiger partial charge in [-0.25, -0.2) is 0 Å². The standard InChI is InChI=1S/C5H11NO/c1-4-5(2,7)3-6-4/h4,6-7H,3H2,1-2H3/p+1/t4-,5+/m0/s1. The highest BCUT2D eigenvalue weighted by atomic mass is 16.3. The Labute approximate surface area is 43.5 Å². The molecule has 2 heteroatoms. The number of aliphatic hydroxyl groups is 1. The van der Waals surface area contributed by atoms with Gasteiger partial charge in [0.15, 0.2) is 5.60 Å². The molecule has 42 valence electrons. The fourth-order valence-electron chi connectivity index (χ4n) is 0.695. The predicted molar refractivity (Wildman–Crippen MR) is 26.9 cm³/mol. The first kappa shape index (κ1) is 5.06. The van der Waals surface area contributed by atoms with Crippen LogP contribution in [-0.4, -0.2) is 23.3 Å². The smallest absolute Gasteiger partial charge is 0.162 e. The molecule has 1 heterocycles. The van der Waals surface area contributed by atoms with Gasteiger partial charge in [0, 0.05) is 0 Å². The fraction of sp³-hybridized carbons (Fsp3) is 1.00. The number of nitrogens with two attached hydrogens (primary N) is 1. The molecule has 1 aliphatic rings. The maximum atomic E-state index is 9.15. The lowest BCUT2D eigenvalue weighted by Gasteiger charge is -2.36. The lowest BCUT2D eigenvalue weighted by atomic mass is 9.90. The second-order valence-corrected chi connectivity index (χ2v) is 2.59. The average Bonchev–Trinajstić information content (AvgIpc) is 1.63. The minimum absolute atomic E-state index is 0.375.